The molecule has 0 saturated heterocycles. The lowest BCUT2D eigenvalue weighted by Crippen LogP contribution is -2.28. The van der Waals surface area contributed by atoms with Gasteiger partial charge in [0, 0.05) is 16.7 Å². The Morgan fingerprint density at radius 3 is 2.55 bits per heavy atom. The fraction of sp³-hybridized carbons (Fsp3) is 0.250. The zero-order chi connectivity index (χ0) is 22.4. The van der Waals surface area contributed by atoms with Crippen molar-refractivity contribution in [3.05, 3.63) is 65.4 Å². The standard InChI is InChI=1S/C20H20F2N6O2S/c1-2-12-5-14(7-15(31)6-12)20(30)25-10-18-26-11-27-28(18)17-4-3-13(8-23-17)19(29)24-9-16(21)22/h3-8,11,16,31H,2,9-10H2,1H3,(H,24,29)(H,25,30). The number of aryl methyl sites for hydroxylation is 1. The van der Waals surface area contributed by atoms with Crippen molar-refractivity contribution in [1.82, 2.24) is 30.4 Å². The molecule has 2 amide bonds. The first-order valence-electron chi connectivity index (χ1n) is 9.40. The van der Waals surface area contributed by atoms with Crippen molar-refractivity contribution in [1.29, 1.82) is 0 Å². The summed E-state index contributed by atoms with van der Waals surface area (Å²) in [5, 5.41) is 8.99. The van der Waals surface area contributed by atoms with Gasteiger partial charge >= 0.3 is 0 Å². The number of carbonyl (C=O) groups excluding carboxylic acids is 2. The van der Waals surface area contributed by atoms with Crippen molar-refractivity contribution < 1.29 is 18.4 Å². The summed E-state index contributed by atoms with van der Waals surface area (Å²) in [4.78, 5) is 33.3. The van der Waals surface area contributed by atoms with Crippen molar-refractivity contribution in [2.24, 2.45) is 0 Å². The van der Waals surface area contributed by atoms with Crippen LogP contribution in [-0.4, -0.2) is 44.5 Å². The molecule has 3 aromatic rings. The van der Waals surface area contributed by atoms with Gasteiger partial charge in [0.1, 0.15) is 6.33 Å². The number of thiol groups is 1. The van der Waals surface area contributed by atoms with Crippen LogP contribution in [0.15, 0.2) is 47.8 Å². The molecule has 0 aliphatic heterocycles. The molecular weight excluding hydrogens is 426 g/mol. The molecule has 0 aliphatic carbocycles. The van der Waals surface area contributed by atoms with Crippen LogP contribution in [0.1, 0.15) is 39.0 Å². The monoisotopic (exact) mass is 446 g/mol. The first-order valence-corrected chi connectivity index (χ1v) is 9.85. The third kappa shape index (κ3) is 5.85. The van der Waals surface area contributed by atoms with E-state index < -0.39 is 18.9 Å². The second kappa shape index (κ2) is 10.1. The first-order chi connectivity index (χ1) is 14.9. The van der Waals surface area contributed by atoms with Crippen LogP contribution in [0.4, 0.5) is 8.78 Å². The Morgan fingerprint density at radius 2 is 1.87 bits per heavy atom. The van der Waals surface area contributed by atoms with Gasteiger partial charge in [0.2, 0.25) is 0 Å². The number of hydrogen-bond acceptors (Lipinski definition) is 6. The van der Waals surface area contributed by atoms with Crippen molar-refractivity contribution in [3.8, 4) is 5.82 Å². The Balaban J connectivity index is 1.68. The molecule has 0 spiro atoms. The summed E-state index contributed by atoms with van der Waals surface area (Å²) in [5.74, 6) is -0.145. The fourth-order valence-corrected chi connectivity index (χ4v) is 3.07. The highest BCUT2D eigenvalue weighted by Crippen LogP contribution is 2.15. The van der Waals surface area contributed by atoms with Crippen molar-refractivity contribution in [2.45, 2.75) is 31.2 Å². The van der Waals surface area contributed by atoms with Gasteiger partial charge in [-0.3, -0.25) is 9.59 Å². The van der Waals surface area contributed by atoms with Crippen LogP contribution in [0.3, 0.4) is 0 Å². The maximum atomic E-state index is 12.5. The minimum atomic E-state index is -2.63. The van der Waals surface area contributed by atoms with Crippen LogP contribution in [0.25, 0.3) is 5.82 Å². The second-order valence-electron chi connectivity index (χ2n) is 6.52. The molecule has 2 N–H and O–H groups in total. The quantitative estimate of drug-likeness (QED) is 0.462. The molecule has 0 aliphatic rings. The Labute approximate surface area is 182 Å². The second-order valence-corrected chi connectivity index (χ2v) is 7.04. The van der Waals surface area contributed by atoms with Gasteiger partial charge in [0.05, 0.1) is 18.7 Å². The maximum Gasteiger partial charge on any atom is 0.255 e. The van der Waals surface area contributed by atoms with E-state index in [4.69, 9.17) is 0 Å². The number of hydrogen-bond donors (Lipinski definition) is 3. The average molecular weight is 446 g/mol. The highest BCUT2D eigenvalue weighted by molar-refractivity contribution is 7.80. The normalized spacial score (nSPS) is 10.9. The largest absolute Gasteiger partial charge is 0.346 e. The van der Waals surface area contributed by atoms with E-state index in [1.54, 1.807) is 12.1 Å². The molecule has 31 heavy (non-hydrogen) atoms. The van der Waals surface area contributed by atoms with Crippen LogP contribution >= 0.6 is 12.6 Å². The number of aromatic nitrogens is 4. The molecular formula is C20H20F2N6O2S. The van der Waals surface area contributed by atoms with Gasteiger partial charge in [-0.1, -0.05) is 6.92 Å². The van der Waals surface area contributed by atoms with Gasteiger partial charge in [-0.15, -0.1) is 12.6 Å². The molecule has 11 heteroatoms. The van der Waals surface area contributed by atoms with Gasteiger partial charge in [-0.2, -0.15) is 9.78 Å². The predicted molar refractivity (Wildman–Crippen MR) is 112 cm³/mol. The summed E-state index contributed by atoms with van der Waals surface area (Å²) in [6, 6.07) is 8.34. The van der Waals surface area contributed by atoms with E-state index in [0.29, 0.717) is 22.1 Å². The predicted octanol–water partition coefficient (Wildman–Crippen LogP) is 2.44. The van der Waals surface area contributed by atoms with Crippen LogP contribution < -0.4 is 10.6 Å². The number of amides is 2. The zero-order valence-electron chi connectivity index (χ0n) is 16.5. The van der Waals surface area contributed by atoms with E-state index in [-0.39, 0.29) is 18.0 Å². The third-order valence-corrected chi connectivity index (χ3v) is 4.58. The Morgan fingerprint density at radius 1 is 1.10 bits per heavy atom. The number of nitrogens with zero attached hydrogens (tertiary/aromatic N) is 4. The summed E-state index contributed by atoms with van der Waals surface area (Å²) in [6.07, 6.45) is 0.721. The zero-order valence-corrected chi connectivity index (χ0v) is 17.4. The average Bonchev–Trinajstić information content (AvgIpc) is 3.24. The number of carbonyl (C=O) groups is 2. The van der Waals surface area contributed by atoms with Crippen molar-refractivity contribution >= 4 is 24.4 Å². The number of alkyl halides is 2. The topological polar surface area (TPSA) is 102 Å². The lowest BCUT2D eigenvalue weighted by Gasteiger charge is -2.09. The molecule has 2 aromatic heterocycles. The SMILES string of the molecule is CCc1cc(S)cc(C(=O)NCc2ncnn2-c2ccc(C(=O)NCC(F)F)cn2)c1. The molecule has 0 atom stereocenters. The van der Waals surface area contributed by atoms with E-state index in [2.05, 4.69) is 38.3 Å². The minimum Gasteiger partial charge on any atom is -0.346 e. The highest BCUT2D eigenvalue weighted by atomic mass is 32.1. The number of rotatable bonds is 8. The third-order valence-electron chi connectivity index (χ3n) is 4.32. The molecule has 0 bridgehead atoms. The molecule has 1 aromatic carbocycles. The van der Waals surface area contributed by atoms with Crippen LogP contribution in [0.2, 0.25) is 0 Å². The number of halogens is 2. The lowest BCUT2D eigenvalue weighted by atomic mass is 10.1. The Hall–Kier alpha value is -3.34. The van der Waals surface area contributed by atoms with Gasteiger partial charge in [0.15, 0.2) is 11.6 Å². The minimum absolute atomic E-state index is 0.0927. The van der Waals surface area contributed by atoms with E-state index in [1.165, 1.54) is 29.3 Å². The highest BCUT2D eigenvalue weighted by Gasteiger charge is 2.14. The molecule has 0 fully saturated rings. The van der Waals surface area contributed by atoms with E-state index in [0.717, 1.165) is 12.0 Å². The van der Waals surface area contributed by atoms with Crippen LogP contribution in [0, 0.1) is 0 Å². The molecule has 8 nitrogen and oxygen atoms in total. The molecule has 162 valence electrons. The molecule has 3 rings (SSSR count). The summed E-state index contributed by atoms with van der Waals surface area (Å²) >= 11 is 4.33. The Kier molecular flexibility index (Phi) is 7.29. The lowest BCUT2D eigenvalue weighted by molar-refractivity contribution is 0.0890. The van der Waals surface area contributed by atoms with E-state index in [1.807, 2.05) is 13.0 Å². The van der Waals surface area contributed by atoms with Crippen LogP contribution in [-0.2, 0) is 13.0 Å². The van der Waals surface area contributed by atoms with Gasteiger partial charge in [-0.05, 0) is 42.3 Å². The fourth-order valence-electron chi connectivity index (χ4n) is 2.77. The maximum absolute atomic E-state index is 12.5. The van der Waals surface area contributed by atoms with Gasteiger partial charge < -0.3 is 10.6 Å². The van der Waals surface area contributed by atoms with Crippen LogP contribution in [0.5, 0.6) is 0 Å². The smallest absolute Gasteiger partial charge is 0.255 e. The molecule has 2 heterocycles. The number of nitrogens with one attached hydrogen (secondary N) is 2. The van der Waals surface area contributed by atoms with Crippen molar-refractivity contribution in [2.75, 3.05) is 6.54 Å². The molecule has 0 unspecified atom stereocenters. The van der Waals surface area contributed by atoms with Crippen molar-refractivity contribution in [3.63, 3.8) is 0 Å². The summed E-state index contributed by atoms with van der Waals surface area (Å²) in [5.41, 5.74) is 1.63. The molecule has 0 saturated carbocycles. The van der Waals surface area contributed by atoms with Gasteiger partial charge in [-0.25, -0.2) is 18.7 Å². The number of benzene rings is 1. The van der Waals surface area contributed by atoms with Gasteiger partial charge in [0.25, 0.3) is 18.2 Å². The molecule has 0 radical (unpaired) electrons. The summed E-state index contributed by atoms with van der Waals surface area (Å²) < 4.78 is 25.8. The summed E-state index contributed by atoms with van der Waals surface area (Å²) in [6.45, 7) is 1.35. The Bertz CT molecular complexity index is 1070. The van der Waals surface area contributed by atoms with E-state index >= 15 is 0 Å². The summed E-state index contributed by atoms with van der Waals surface area (Å²) in [7, 11) is 0. The number of pyridine rings is 1. The first kappa shape index (κ1) is 22.3. The van der Waals surface area contributed by atoms with E-state index in [9.17, 15) is 18.4 Å².